The lowest BCUT2D eigenvalue weighted by Crippen LogP contribution is -2.27. The number of alkyl halides is 3. The Morgan fingerprint density at radius 2 is 1.70 bits per heavy atom. The number of amides is 1. The van der Waals surface area contributed by atoms with Crippen LogP contribution >= 0.6 is 0 Å². The van der Waals surface area contributed by atoms with Crippen LogP contribution in [-0.4, -0.2) is 28.9 Å². The second-order valence-corrected chi connectivity index (χ2v) is 6.91. The van der Waals surface area contributed by atoms with E-state index in [1.807, 2.05) is 6.92 Å². The fraction of sp³-hybridized carbons (Fsp3) is 0.261. The minimum absolute atomic E-state index is 0.146. The summed E-state index contributed by atoms with van der Waals surface area (Å²) in [6.45, 7) is 5.82. The third-order valence-electron chi connectivity index (χ3n) is 4.56. The Labute approximate surface area is 187 Å². The predicted molar refractivity (Wildman–Crippen MR) is 116 cm³/mol. The second kappa shape index (κ2) is 9.76. The zero-order valence-corrected chi connectivity index (χ0v) is 18.2. The Morgan fingerprint density at radius 3 is 2.36 bits per heavy atom. The molecule has 0 atom stereocenters. The number of para-hydroxylation sites is 1. The van der Waals surface area contributed by atoms with Crippen LogP contribution in [0.3, 0.4) is 0 Å². The summed E-state index contributed by atoms with van der Waals surface area (Å²) in [4.78, 5) is 25.3. The molecule has 1 N–H and O–H groups in total. The quantitative estimate of drug-likeness (QED) is 0.556. The first kappa shape index (κ1) is 23.8. The molecule has 3 aromatic rings. The molecule has 174 valence electrons. The van der Waals surface area contributed by atoms with Crippen LogP contribution in [-0.2, 0) is 6.18 Å². The van der Waals surface area contributed by atoms with E-state index in [2.05, 4.69) is 10.4 Å². The van der Waals surface area contributed by atoms with E-state index in [4.69, 9.17) is 9.47 Å². The largest absolute Gasteiger partial charge is 0.490 e. The van der Waals surface area contributed by atoms with Gasteiger partial charge in [0.25, 0.3) is 5.91 Å². The molecule has 1 heterocycles. The van der Waals surface area contributed by atoms with Gasteiger partial charge in [0.15, 0.2) is 17.2 Å². The van der Waals surface area contributed by atoms with Crippen LogP contribution in [0.2, 0.25) is 0 Å². The minimum atomic E-state index is -4.64. The van der Waals surface area contributed by atoms with E-state index in [1.165, 1.54) is 31.2 Å². The number of hydrogen-bond acceptors (Lipinski definition) is 5. The molecule has 0 saturated heterocycles. The van der Waals surface area contributed by atoms with E-state index >= 15 is 0 Å². The van der Waals surface area contributed by atoms with Crippen molar-refractivity contribution in [3.63, 3.8) is 0 Å². The van der Waals surface area contributed by atoms with E-state index in [-0.39, 0.29) is 11.4 Å². The Bertz CT molecular complexity index is 1220. The number of rotatable bonds is 7. The normalized spacial score (nSPS) is 11.2. The molecule has 3 rings (SSSR count). The zero-order chi connectivity index (χ0) is 24.2. The number of anilines is 1. The van der Waals surface area contributed by atoms with Crippen LogP contribution in [0.25, 0.3) is 5.69 Å². The molecule has 0 saturated carbocycles. The maximum atomic E-state index is 13.5. The fourth-order valence-electron chi connectivity index (χ4n) is 3.17. The molecule has 0 spiro atoms. The van der Waals surface area contributed by atoms with Gasteiger partial charge in [-0.2, -0.15) is 18.3 Å². The Hall–Kier alpha value is -3.82. The fourth-order valence-corrected chi connectivity index (χ4v) is 3.17. The van der Waals surface area contributed by atoms with Crippen molar-refractivity contribution in [1.82, 2.24) is 9.78 Å². The molecule has 33 heavy (non-hydrogen) atoms. The number of aromatic nitrogens is 2. The van der Waals surface area contributed by atoms with Crippen molar-refractivity contribution in [2.75, 3.05) is 18.5 Å². The molecule has 0 aliphatic carbocycles. The third kappa shape index (κ3) is 5.33. The lowest BCUT2D eigenvalue weighted by Gasteiger charge is -2.17. The van der Waals surface area contributed by atoms with Crippen molar-refractivity contribution in [3.05, 3.63) is 75.7 Å². The monoisotopic (exact) mass is 461 g/mol. The molecular formula is C23H22F3N3O4. The Balaban J connectivity index is 2.00. The number of aryl methyl sites for hydroxylation is 1. The molecular weight excluding hydrogens is 439 g/mol. The number of hydrogen-bond donors (Lipinski definition) is 1. The molecule has 10 heteroatoms. The maximum absolute atomic E-state index is 13.5. The molecule has 0 aliphatic heterocycles. The predicted octanol–water partition coefficient (Wildman–Crippen LogP) is 4.61. The summed E-state index contributed by atoms with van der Waals surface area (Å²) in [5.41, 5.74) is -2.06. The summed E-state index contributed by atoms with van der Waals surface area (Å²) >= 11 is 0. The van der Waals surface area contributed by atoms with E-state index < -0.39 is 28.8 Å². The van der Waals surface area contributed by atoms with Crippen molar-refractivity contribution in [3.8, 4) is 17.2 Å². The summed E-state index contributed by atoms with van der Waals surface area (Å²) in [6, 6.07) is 10.5. The van der Waals surface area contributed by atoms with E-state index in [1.54, 1.807) is 19.1 Å². The van der Waals surface area contributed by atoms with Gasteiger partial charge in [0.05, 0.1) is 24.5 Å². The molecule has 1 aromatic heterocycles. The van der Waals surface area contributed by atoms with Gasteiger partial charge in [-0.25, -0.2) is 4.68 Å². The maximum Gasteiger partial charge on any atom is 0.418 e. The second-order valence-electron chi connectivity index (χ2n) is 6.91. The van der Waals surface area contributed by atoms with E-state index in [9.17, 15) is 22.8 Å². The van der Waals surface area contributed by atoms with Crippen molar-refractivity contribution < 1.29 is 27.4 Å². The summed E-state index contributed by atoms with van der Waals surface area (Å²) in [7, 11) is 0. The van der Waals surface area contributed by atoms with Gasteiger partial charge in [-0.1, -0.05) is 12.1 Å². The lowest BCUT2D eigenvalue weighted by molar-refractivity contribution is -0.137. The van der Waals surface area contributed by atoms with E-state index in [0.717, 1.165) is 16.8 Å². The number of nitrogens with zero attached hydrogens (tertiary/aromatic N) is 2. The first-order valence-electron chi connectivity index (χ1n) is 10.1. The van der Waals surface area contributed by atoms with Crippen LogP contribution in [0.5, 0.6) is 11.5 Å². The average Bonchev–Trinajstić information content (AvgIpc) is 2.75. The van der Waals surface area contributed by atoms with Gasteiger partial charge < -0.3 is 14.8 Å². The summed E-state index contributed by atoms with van der Waals surface area (Å²) < 4.78 is 52.3. The van der Waals surface area contributed by atoms with Gasteiger partial charge in [-0.15, -0.1) is 0 Å². The number of carbonyl (C=O) groups is 1. The molecule has 7 nitrogen and oxygen atoms in total. The molecule has 2 aromatic carbocycles. The van der Waals surface area contributed by atoms with Gasteiger partial charge in [0, 0.05) is 23.5 Å². The van der Waals surface area contributed by atoms with Crippen molar-refractivity contribution in [2.45, 2.75) is 26.9 Å². The van der Waals surface area contributed by atoms with Gasteiger partial charge in [0.1, 0.15) is 0 Å². The number of nitrogens with one attached hydrogen (secondary N) is 1. The molecule has 0 bridgehead atoms. The van der Waals surface area contributed by atoms with Crippen molar-refractivity contribution in [1.29, 1.82) is 0 Å². The molecule has 1 amide bonds. The summed E-state index contributed by atoms with van der Waals surface area (Å²) in [6.07, 6.45) is -4.64. The van der Waals surface area contributed by atoms with Crippen LogP contribution in [0, 0.1) is 6.92 Å². The highest BCUT2D eigenvalue weighted by Gasteiger charge is 2.34. The average molecular weight is 461 g/mol. The Kier molecular flexibility index (Phi) is 7.05. The SMILES string of the molecule is CCOc1ccc(NC(=O)c2nn(-c3ccccc3C(F)(F)F)c(C)cc2=O)cc1OCC. The highest BCUT2D eigenvalue weighted by Crippen LogP contribution is 2.34. The lowest BCUT2D eigenvalue weighted by atomic mass is 10.1. The van der Waals surface area contributed by atoms with Crippen LogP contribution < -0.4 is 20.2 Å². The smallest absolute Gasteiger partial charge is 0.418 e. The van der Waals surface area contributed by atoms with Gasteiger partial charge >= 0.3 is 6.18 Å². The highest BCUT2D eigenvalue weighted by molar-refractivity contribution is 6.02. The molecule has 0 radical (unpaired) electrons. The first-order chi connectivity index (χ1) is 15.7. The minimum Gasteiger partial charge on any atom is -0.490 e. The van der Waals surface area contributed by atoms with Gasteiger partial charge in [-0.3, -0.25) is 9.59 Å². The molecule has 0 unspecified atom stereocenters. The van der Waals surface area contributed by atoms with Crippen LogP contribution in [0.4, 0.5) is 18.9 Å². The number of halogens is 3. The Morgan fingerprint density at radius 1 is 1.03 bits per heavy atom. The number of carbonyl (C=O) groups excluding carboxylic acids is 1. The molecule has 0 fully saturated rings. The van der Waals surface area contributed by atoms with Crippen LogP contribution in [0.15, 0.2) is 53.3 Å². The third-order valence-corrected chi connectivity index (χ3v) is 4.56. The topological polar surface area (TPSA) is 82.5 Å². The van der Waals surface area contributed by atoms with Gasteiger partial charge in [0.2, 0.25) is 5.43 Å². The molecule has 0 aliphatic rings. The van der Waals surface area contributed by atoms with Gasteiger partial charge in [-0.05, 0) is 45.0 Å². The number of benzene rings is 2. The highest BCUT2D eigenvalue weighted by atomic mass is 19.4. The van der Waals surface area contributed by atoms with Crippen molar-refractivity contribution in [2.24, 2.45) is 0 Å². The zero-order valence-electron chi connectivity index (χ0n) is 18.2. The first-order valence-corrected chi connectivity index (χ1v) is 10.1. The summed E-state index contributed by atoms with van der Waals surface area (Å²) in [5.74, 6) is 0.00676. The standard InChI is InChI=1S/C23H22F3N3O4/c1-4-32-19-11-10-15(13-20(19)33-5-2)27-22(31)21-18(30)12-14(3)29(28-21)17-9-7-6-8-16(17)23(24,25)26/h6-13H,4-5H2,1-3H3,(H,27,31). The van der Waals surface area contributed by atoms with E-state index in [0.29, 0.717) is 30.4 Å². The van der Waals surface area contributed by atoms with Crippen molar-refractivity contribution >= 4 is 11.6 Å². The summed E-state index contributed by atoms with van der Waals surface area (Å²) in [5, 5.41) is 6.49. The van der Waals surface area contributed by atoms with Crippen LogP contribution in [0.1, 0.15) is 35.6 Å². The number of ether oxygens (including phenoxy) is 2.